The van der Waals surface area contributed by atoms with Gasteiger partial charge in [-0.25, -0.2) is 9.97 Å². The summed E-state index contributed by atoms with van der Waals surface area (Å²) in [5, 5.41) is 3.29. The number of nitrogens with two attached hydrogens (primary N) is 1. The van der Waals surface area contributed by atoms with Crippen LogP contribution in [-0.2, 0) is 6.54 Å². The first-order chi connectivity index (χ1) is 9.52. The molecule has 0 aliphatic heterocycles. The van der Waals surface area contributed by atoms with Gasteiger partial charge >= 0.3 is 0 Å². The maximum atomic E-state index is 5.88. The monoisotopic (exact) mass is 272 g/mol. The number of ether oxygens (including phenoxy) is 1. The molecule has 3 N–H and O–H groups in total. The van der Waals surface area contributed by atoms with Crippen LogP contribution in [0.4, 0.5) is 11.4 Å². The highest BCUT2D eigenvalue weighted by molar-refractivity contribution is 5.59. The van der Waals surface area contributed by atoms with E-state index in [2.05, 4.69) is 15.3 Å². The fraction of sp³-hybridized carbons (Fsp3) is 0.333. The maximum Gasteiger partial charge on any atom is 0.125 e. The molecule has 0 atom stereocenters. The quantitative estimate of drug-likeness (QED) is 0.819. The van der Waals surface area contributed by atoms with E-state index in [1.165, 1.54) is 0 Å². The van der Waals surface area contributed by atoms with Gasteiger partial charge in [-0.15, -0.1) is 0 Å². The molecule has 0 aliphatic rings. The number of rotatable bonds is 5. The molecule has 0 unspecified atom stereocenters. The summed E-state index contributed by atoms with van der Waals surface area (Å²) in [6, 6.07) is 7.52. The molecule has 1 aromatic heterocycles. The summed E-state index contributed by atoms with van der Waals surface area (Å²) < 4.78 is 5.66. The van der Waals surface area contributed by atoms with Crippen LogP contribution in [0.2, 0.25) is 0 Å². The summed E-state index contributed by atoms with van der Waals surface area (Å²) in [6.07, 6.45) is 1.88. The molecule has 0 fully saturated rings. The SMILES string of the molecule is Cc1nccc(CNc2cc(N)cc(OC(C)C)c2)n1. The van der Waals surface area contributed by atoms with E-state index < -0.39 is 0 Å². The summed E-state index contributed by atoms with van der Waals surface area (Å²) in [6.45, 7) is 6.46. The fourth-order valence-electron chi connectivity index (χ4n) is 1.86. The van der Waals surface area contributed by atoms with Crippen molar-refractivity contribution in [2.45, 2.75) is 33.4 Å². The van der Waals surface area contributed by atoms with Crippen molar-refractivity contribution in [2.75, 3.05) is 11.1 Å². The minimum absolute atomic E-state index is 0.120. The van der Waals surface area contributed by atoms with Crippen LogP contribution >= 0.6 is 0 Å². The number of aromatic nitrogens is 2. The Morgan fingerprint density at radius 3 is 2.80 bits per heavy atom. The molecule has 1 aromatic carbocycles. The molecular formula is C15H20N4O. The Kier molecular flexibility index (Phi) is 4.40. The fourth-order valence-corrected chi connectivity index (χ4v) is 1.86. The molecule has 0 spiro atoms. The Bertz CT molecular complexity index is 584. The zero-order chi connectivity index (χ0) is 14.5. The van der Waals surface area contributed by atoms with Gasteiger partial charge in [-0.2, -0.15) is 0 Å². The number of benzene rings is 1. The normalized spacial score (nSPS) is 10.6. The third-order valence-electron chi connectivity index (χ3n) is 2.61. The van der Waals surface area contributed by atoms with Gasteiger partial charge in [-0.05, 0) is 32.9 Å². The van der Waals surface area contributed by atoms with Crippen molar-refractivity contribution < 1.29 is 4.74 Å². The molecule has 0 radical (unpaired) electrons. The van der Waals surface area contributed by atoms with Crippen molar-refractivity contribution in [2.24, 2.45) is 0 Å². The molecule has 5 nitrogen and oxygen atoms in total. The van der Waals surface area contributed by atoms with E-state index in [-0.39, 0.29) is 6.10 Å². The lowest BCUT2D eigenvalue weighted by Gasteiger charge is -2.13. The van der Waals surface area contributed by atoms with Crippen LogP contribution in [0, 0.1) is 6.92 Å². The van der Waals surface area contributed by atoms with Crippen molar-refractivity contribution in [3.05, 3.63) is 42.0 Å². The van der Waals surface area contributed by atoms with Crippen LogP contribution in [-0.4, -0.2) is 16.1 Å². The van der Waals surface area contributed by atoms with Gasteiger partial charge in [0.05, 0.1) is 18.3 Å². The molecule has 20 heavy (non-hydrogen) atoms. The smallest absolute Gasteiger partial charge is 0.125 e. The van der Waals surface area contributed by atoms with Gasteiger partial charge in [0.1, 0.15) is 11.6 Å². The predicted molar refractivity (Wildman–Crippen MR) is 80.7 cm³/mol. The first-order valence-electron chi connectivity index (χ1n) is 6.62. The van der Waals surface area contributed by atoms with Crippen molar-refractivity contribution in [3.8, 4) is 5.75 Å². The van der Waals surface area contributed by atoms with Gasteiger partial charge < -0.3 is 15.8 Å². The Hall–Kier alpha value is -2.30. The second-order valence-corrected chi connectivity index (χ2v) is 4.91. The standard InChI is InChI=1S/C15H20N4O/c1-10(2)20-15-7-12(16)6-14(8-15)18-9-13-4-5-17-11(3)19-13/h4-8,10,18H,9,16H2,1-3H3. The van der Waals surface area contributed by atoms with Crippen LogP contribution in [0.5, 0.6) is 5.75 Å². The lowest BCUT2D eigenvalue weighted by Crippen LogP contribution is -2.07. The Balaban J connectivity index is 2.07. The van der Waals surface area contributed by atoms with E-state index in [1.807, 2.05) is 45.0 Å². The molecular weight excluding hydrogens is 252 g/mol. The van der Waals surface area contributed by atoms with E-state index >= 15 is 0 Å². The van der Waals surface area contributed by atoms with E-state index in [4.69, 9.17) is 10.5 Å². The van der Waals surface area contributed by atoms with Crippen LogP contribution in [0.15, 0.2) is 30.5 Å². The van der Waals surface area contributed by atoms with E-state index in [0.717, 1.165) is 23.0 Å². The molecule has 1 heterocycles. The predicted octanol–water partition coefficient (Wildman–Crippen LogP) is 2.77. The number of aryl methyl sites for hydroxylation is 1. The lowest BCUT2D eigenvalue weighted by molar-refractivity contribution is 0.242. The molecule has 0 saturated heterocycles. The summed E-state index contributed by atoms with van der Waals surface area (Å²) in [5.74, 6) is 1.53. The summed E-state index contributed by atoms with van der Waals surface area (Å²) >= 11 is 0. The van der Waals surface area contributed by atoms with E-state index in [9.17, 15) is 0 Å². The number of nitrogens with one attached hydrogen (secondary N) is 1. The number of hydrogen-bond donors (Lipinski definition) is 2. The van der Waals surface area contributed by atoms with Crippen LogP contribution < -0.4 is 15.8 Å². The van der Waals surface area contributed by atoms with Crippen molar-refractivity contribution in [3.63, 3.8) is 0 Å². The third-order valence-corrected chi connectivity index (χ3v) is 2.61. The largest absolute Gasteiger partial charge is 0.491 e. The Labute approximate surface area is 119 Å². The Morgan fingerprint density at radius 1 is 1.30 bits per heavy atom. The highest BCUT2D eigenvalue weighted by atomic mass is 16.5. The number of nitrogens with zero attached hydrogens (tertiary/aromatic N) is 2. The average Bonchev–Trinajstić information content (AvgIpc) is 2.35. The summed E-state index contributed by atoms with van der Waals surface area (Å²) in [7, 11) is 0. The summed E-state index contributed by atoms with van der Waals surface area (Å²) in [4.78, 5) is 8.42. The minimum Gasteiger partial charge on any atom is -0.491 e. The van der Waals surface area contributed by atoms with E-state index in [1.54, 1.807) is 6.20 Å². The van der Waals surface area contributed by atoms with Crippen LogP contribution in [0.1, 0.15) is 25.4 Å². The highest BCUT2D eigenvalue weighted by Crippen LogP contribution is 2.23. The molecule has 2 aromatic rings. The third kappa shape index (κ3) is 4.12. The molecule has 0 amide bonds. The summed E-state index contributed by atoms with van der Waals surface area (Å²) in [5.41, 5.74) is 8.40. The highest BCUT2D eigenvalue weighted by Gasteiger charge is 2.03. The van der Waals surface area contributed by atoms with Gasteiger partial charge in [0, 0.05) is 29.7 Å². The van der Waals surface area contributed by atoms with Crippen LogP contribution in [0.25, 0.3) is 0 Å². The molecule has 0 saturated carbocycles. The van der Waals surface area contributed by atoms with Gasteiger partial charge in [-0.3, -0.25) is 0 Å². The zero-order valence-electron chi connectivity index (χ0n) is 12.1. The molecule has 106 valence electrons. The van der Waals surface area contributed by atoms with Crippen molar-refractivity contribution in [1.29, 1.82) is 0 Å². The molecule has 5 heteroatoms. The topological polar surface area (TPSA) is 73.1 Å². The zero-order valence-corrected chi connectivity index (χ0v) is 12.1. The van der Waals surface area contributed by atoms with Gasteiger partial charge in [0.15, 0.2) is 0 Å². The molecule has 0 bridgehead atoms. The van der Waals surface area contributed by atoms with Gasteiger partial charge in [0.2, 0.25) is 0 Å². The number of anilines is 2. The number of nitrogen functional groups attached to an aromatic ring is 1. The van der Waals surface area contributed by atoms with Crippen LogP contribution in [0.3, 0.4) is 0 Å². The average molecular weight is 272 g/mol. The first-order valence-corrected chi connectivity index (χ1v) is 6.62. The maximum absolute atomic E-state index is 5.88. The van der Waals surface area contributed by atoms with Crippen molar-refractivity contribution in [1.82, 2.24) is 9.97 Å². The van der Waals surface area contributed by atoms with Gasteiger partial charge in [-0.1, -0.05) is 0 Å². The molecule has 0 aliphatic carbocycles. The second-order valence-electron chi connectivity index (χ2n) is 4.91. The van der Waals surface area contributed by atoms with Gasteiger partial charge in [0.25, 0.3) is 0 Å². The second kappa shape index (κ2) is 6.23. The Morgan fingerprint density at radius 2 is 2.10 bits per heavy atom. The first kappa shape index (κ1) is 14.1. The number of hydrogen-bond acceptors (Lipinski definition) is 5. The van der Waals surface area contributed by atoms with Crippen molar-refractivity contribution >= 4 is 11.4 Å². The molecule has 2 rings (SSSR count). The lowest BCUT2D eigenvalue weighted by atomic mass is 10.2. The minimum atomic E-state index is 0.120. The van der Waals surface area contributed by atoms with E-state index in [0.29, 0.717) is 12.2 Å².